The number of carbonyl (C=O) groups is 1. The molecule has 0 fully saturated rings. The molecule has 0 rings (SSSR count). The van der Waals surface area contributed by atoms with Crippen molar-refractivity contribution < 1.29 is 4.79 Å². The van der Waals surface area contributed by atoms with E-state index in [1.54, 1.807) is 19.0 Å². The summed E-state index contributed by atoms with van der Waals surface area (Å²) in [6, 6.07) is 0. The van der Waals surface area contributed by atoms with Crippen LogP contribution in [-0.4, -0.2) is 50.5 Å². The van der Waals surface area contributed by atoms with Crippen molar-refractivity contribution in [3.63, 3.8) is 0 Å². The van der Waals surface area contributed by atoms with Crippen molar-refractivity contribution in [2.75, 3.05) is 33.7 Å². The largest absolute Gasteiger partial charge is 0.357 e. The van der Waals surface area contributed by atoms with E-state index in [1.807, 2.05) is 6.92 Å². The number of aliphatic imine (C=N–C) groups is 1. The standard InChI is InChI=1S/C11H24N4O.HI/c1-5-7-8-13-11(12-6-2)14-9-10(16)15(3)4;/h5-9H2,1-4H3,(H2,12,13,14);1H. The minimum absolute atomic E-state index is 0. The monoisotopic (exact) mass is 356 g/mol. The fourth-order valence-corrected chi connectivity index (χ4v) is 1.01. The van der Waals surface area contributed by atoms with Crippen LogP contribution in [0.25, 0.3) is 0 Å². The Hall–Kier alpha value is -0.530. The molecule has 0 bridgehead atoms. The van der Waals surface area contributed by atoms with E-state index in [-0.39, 0.29) is 36.4 Å². The zero-order chi connectivity index (χ0) is 12.4. The van der Waals surface area contributed by atoms with Gasteiger partial charge in [0.05, 0.1) is 0 Å². The summed E-state index contributed by atoms with van der Waals surface area (Å²) in [6.07, 6.45) is 2.25. The summed E-state index contributed by atoms with van der Waals surface area (Å²) in [7, 11) is 3.46. The van der Waals surface area contributed by atoms with Crippen LogP contribution in [0.15, 0.2) is 4.99 Å². The van der Waals surface area contributed by atoms with Crippen molar-refractivity contribution in [3.8, 4) is 0 Å². The van der Waals surface area contributed by atoms with Crippen LogP contribution in [0, 0.1) is 0 Å². The Balaban J connectivity index is 0. The lowest BCUT2D eigenvalue weighted by Gasteiger charge is -2.12. The van der Waals surface area contributed by atoms with Crippen LogP contribution in [0.3, 0.4) is 0 Å². The summed E-state index contributed by atoms with van der Waals surface area (Å²) >= 11 is 0. The highest BCUT2D eigenvalue weighted by Gasteiger charge is 2.03. The predicted octanol–water partition coefficient (Wildman–Crippen LogP) is 1.05. The van der Waals surface area contributed by atoms with Crippen LogP contribution < -0.4 is 10.6 Å². The number of likely N-dealkylation sites (N-methyl/N-ethyl adjacent to an activating group) is 1. The first-order valence-corrected chi connectivity index (χ1v) is 5.84. The molecule has 2 N–H and O–H groups in total. The summed E-state index contributed by atoms with van der Waals surface area (Å²) in [4.78, 5) is 17.1. The van der Waals surface area contributed by atoms with E-state index in [2.05, 4.69) is 22.5 Å². The Bertz CT molecular complexity index is 232. The maximum Gasteiger partial charge on any atom is 0.243 e. The Morgan fingerprint density at radius 1 is 1.24 bits per heavy atom. The average molecular weight is 356 g/mol. The van der Waals surface area contributed by atoms with E-state index >= 15 is 0 Å². The Morgan fingerprint density at radius 3 is 2.35 bits per heavy atom. The fourth-order valence-electron chi connectivity index (χ4n) is 1.01. The summed E-state index contributed by atoms with van der Waals surface area (Å²) in [5.74, 6) is 0.721. The first-order valence-electron chi connectivity index (χ1n) is 5.84. The van der Waals surface area contributed by atoms with Crippen molar-refractivity contribution >= 4 is 35.8 Å². The Labute approximate surface area is 121 Å². The summed E-state index contributed by atoms with van der Waals surface area (Å²) < 4.78 is 0. The minimum Gasteiger partial charge on any atom is -0.357 e. The number of unbranched alkanes of at least 4 members (excludes halogenated alkanes) is 1. The maximum atomic E-state index is 11.3. The highest BCUT2D eigenvalue weighted by molar-refractivity contribution is 14.0. The van der Waals surface area contributed by atoms with Gasteiger partial charge in [-0.05, 0) is 13.3 Å². The lowest BCUT2D eigenvalue weighted by atomic mass is 10.3. The second kappa shape index (κ2) is 11.9. The number of carbonyl (C=O) groups excluding carboxylic acids is 1. The van der Waals surface area contributed by atoms with Crippen LogP contribution >= 0.6 is 24.0 Å². The highest BCUT2D eigenvalue weighted by Crippen LogP contribution is 1.84. The van der Waals surface area contributed by atoms with Crippen LogP contribution in [0.2, 0.25) is 0 Å². The molecular formula is C11H25IN4O. The number of guanidine groups is 1. The predicted molar refractivity (Wildman–Crippen MR) is 83.0 cm³/mol. The van der Waals surface area contributed by atoms with Gasteiger partial charge in [-0.1, -0.05) is 13.3 Å². The van der Waals surface area contributed by atoms with Gasteiger partial charge in [0.25, 0.3) is 0 Å². The molecule has 0 heterocycles. The van der Waals surface area contributed by atoms with Gasteiger partial charge in [-0.3, -0.25) is 4.79 Å². The SMILES string of the molecule is CCCCNC(=NCC(=O)N(C)C)NCC.I. The van der Waals surface area contributed by atoms with Gasteiger partial charge in [-0.25, -0.2) is 4.99 Å². The van der Waals surface area contributed by atoms with Gasteiger partial charge in [-0.15, -0.1) is 24.0 Å². The normalized spacial score (nSPS) is 10.5. The third-order valence-electron chi connectivity index (χ3n) is 2.04. The molecule has 0 aliphatic carbocycles. The summed E-state index contributed by atoms with van der Waals surface area (Å²) in [6.45, 7) is 6.02. The molecule has 0 unspecified atom stereocenters. The molecule has 0 aliphatic heterocycles. The lowest BCUT2D eigenvalue weighted by molar-refractivity contribution is -0.127. The summed E-state index contributed by atoms with van der Waals surface area (Å²) in [5.41, 5.74) is 0. The van der Waals surface area contributed by atoms with Crippen molar-refractivity contribution in [2.24, 2.45) is 4.99 Å². The number of hydrogen-bond donors (Lipinski definition) is 2. The molecule has 0 aromatic carbocycles. The van der Waals surface area contributed by atoms with Crippen LogP contribution in [-0.2, 0) is 4.79 Å². The number of nitrogens with one attached hydrogen (secondary N) is 2. The van der Waals surface area contributed by atoms with E-state index in [9.17, 15) is 4.79 Å². The molecule has 5 nitrogen and oxygen atoms in total. The van der Waals surface area contributed by atoms with E-state index in [0.29, 0.717) is 5.96 Å². The minimum atomic E-state index is 0. The van der Waals surface area contributed by atoms with Gasteiger partial charge in [0.2, 0.25) is 5.91 Å². The Kier molecular flexibility index (Phi) is 13.2. The fraction of sp³-hybridized carbons (Fsp3) is 0.818. The molecule has 0 aromatic rings. The summed E-state index contributed by atoms with van der Waals surface area (Å²) in [5, 5.41) is 6.29. The van der Waals surface area contributed by atoms with Crippen molar-refractivity contribution in [1.82, 2.24) is 15.5 Å². The third kappa shape index (κ3) is 10.3. The molecule has 0 spiro atoms. The van der Waals surface area contributed by atoms with Gasteiger partial charge < -0.3 is 15.5 Å². The topological polar surface area (TPSA) is 56.7 Å². The van der Waals surface area contributed by atoms with E-state index < -0.39 is 0 Å². The van der Waals surface area contributed by atoms with Gasteiger partial charge >= 0.3 is 0 Å². The number of amides is 1. The van der Waals surface area contributed by atoms with Crippen molar-refractivity contribution in [1.29, 1.82) is 0 Å². The van der Waals surface area contributed by atoms with Gasteiger partial charge in [0, 0.05) is 27.2 Å². The molecule has 0 saturated heterocycles. The first kappa shape index (κ1) is 18.8. The van der Waals surface area contributed by atoms with Crippen LogP contribution in [0.1, 0.15) is 26.7 Å². The van der Waals surface area contributed by atoms with Gasteiger partial charge in [0.15, 0.2) is 5.96 Å². The average Bonchev–Trinajstić information content (AvgIpc) is 2.25. The number of hydrogen-bond acceptors (Lipinski definition) is 2. The Morgan fingerprint density at radius 2 is 1.88 bits per heavy atom. The molecule has 102 valence electrons. The third-order valence-corrected chi connectivity index (χ3v) is 2.04. The van der Waals surface area contributed by atoms with E-state index in [1.165, 1.54) is 0 Å². The molecule has 0 aromatic heterocycles. The van der Waals surface area contributed by atoms with Crippen LogP contribution in [0.5, 0.6) is 0 Å². The number of halogens is 1. The highest BCUT2D eigenvalue weighted by atomic mass is 127. The molecular weight excluding hydrogens is 331 g/mol. The zero-order valence-electron chi connectivity index (χ0n) is 11.2. The molecule has 0 radical (unpaired) electrons. The first-order chi connectivity index (χ1) is 7.61. The molecule has 1 amide bonds. The molecule has 17 heavy (non-hydrogen) atoms. The van der Waals surface area contributed by atoms with Crippen molar-refractivity contribution in [3.05, 3.63) is 0 Å². The number of rotatable bonds is 6. The zero-order valence-corrected chi connectivity index (χ0v) is 13.6. The second-order valence-electron chi connectivity index (χ2n) is 3.76. The van der Waals surface area contributed by atoms with E-state index in [0.717, 1.165) is 25.9 Å². The second-order valence-corrected chi connectivity index (χ2v) is 3.76. The molecule has 0 aliphatic rings. The van der Waals surface area contributed by atoms with Crippen LogP contribution in [0.4, 0.5) is 0 Å². The maximum absolute atomic E-state index is 11.3. The lowest BCUT2D eigenvalue weighted by Crippen LogP contribution is -2.38. The number of nitrogens with zero attached hydrogens (tertiary/aromatic N) is 2. The molecule has 6 heteroatoms. The van der Waals surface area contributed by atoms with E-state index in [4.69, 9.17) is 0 Å². The van der Waals surface area contributed by atoms with Gasteiger partial charge in [-0.2, -0.15) is 0 Å². The van der Waals surface area contributed by atoms with Gasteiger partial charge in [0.1, 0.15) is 6.54 Å². The quantitative estimate of drug-likeness (QED) is 0.324. The molecule has 0 atom stereocenters. The molecule has 0 saturated carbocycles. The van der Waals surface area contributed by atoms with Crippen molar-refractivity contribution in [2.45, 2.75) is 26.7 Å². The smallest absolute Gasteiger partial charge is 0.243 e.